The molecule has 1 aliphatic carbocycles. The van der Waals surface area contributed by atoms with Gasteiger partial charge in [-0.2, -0.15) is 0 Å². The van der Waals surface area contributed by atoms with Crippen molar-refractivity contribution in [3.63, 3.8) is 0 Å². The second kappa shape index (κ2) is 2.49. The maximum absolute atomic E-state index is 3.49. The number of allylic oxidation sites excluding steroid dienone is 1. The number of hydrogen-bond acceptors (Lipinski definition) is 0. The zero-order chi connectivity index (χ0) is 7.84. The Morgan fingerprint density at radius 2 is 2.18 bits per heavy atom. The zero-order valence-corrected chi connectivity index (χ0v) is 7.98. The molecule has 2 rings (SSSR count). The Balaban J connectivity index is 2.67. The first-order valence-electron chi connectivity index (χ1n) is 3.73. The molecule has 0 fully saturated rings. The Morgan fingerprint density at radius 3 is 3.00 bits per heavy atom. The van der Waals surface area contributed by atoms with Crippen LogP contribution in [-0.4, -0.2) is 0 Å². The van der Waals surface area contributed by atoms with E-state index >= 15 is 0 Å². The molecule has 0 N–H and O–H groups in total. The van der Waals surface area contributed by atoms with E-state index in [0.29, 0.717) is 0 Å². The van der Waals surface area contributed by atoms with Gasteiger partial charge in [-0.05, 0) is 42.2 Å². The molecule has 1 aromatic rings. The molecule has 1 heteroatoms. The van der Waals surface area contributed by atoms with Crippen molar-refractivity contribution in [2.75, 3.05) is 0 Å². The van der Waals surface area contributed by atoms with Crippen LogP contribution in [0.15, 0.2) is 22.7 Å². The predicted octanol–water partition coefficient (Wildman–Crippen LogP) is 3.33. The Labute approximate surface area is 75.1 Å². The molecule has 0 spiro atoms. The number of halogens is 1. The molecule has 1 aromatic carbocycles. The van der Waals surface area contributed by atoms with E-state index in [1.807, 2.05) is 0 Å². The van der Waals surface area contributed by atoms with E-state index in [2.05, 4.69) is 47.1 Å². The van der Waals surface area contributed by atoms with Crippen LogP contribution in [0.5, 0.6) is 0 Å². The predicted molar refractivity (Wildman–Crippen MR) is 51.6 cm³/mol. The van der Waals surface area contributed by atoms with Gasteiger partial charge in [-0.1, -0.05) is 28.1 Å². The summed E-state index contributed by atoms with van der Waals surface area (Å²) in [5.74, 6) is 0. The van der Waals surface area contributed by atoms with Gasteiger partial charge in [-0.3, -0.25) is 0 Å². The molecule has 0 nitrogen and oxygen atoms in total. The number of fused-ring (bicyclic) bond motifs is 1. The molecule has 0 bridgehead atoms. The summed E-state index contributed by atoms with van der Waals surface area (Å²) in [4.78, 5) is 0. The van der Waals surface area contributed by atoms with Gasteiger partial charge in [0.1, 0.15) is 0 Å². The normalized spacial score (nSPS) is 13.6. The molecule has 0 aliphatic heterocycles. The smallest absolute Gasteiger partial charge is 0.0181 e. The van der Waals surface area contributed by atoms with Gasteiger partial charge in [-0.25, -0.2) is 0 Å². The van der Waals surface area contributed by atoms with Gasteiger partial charge in [-0.15, -0.1) is 0 Å². The summed E-state index contributed by atoms with van der Waals surface area (Å²) >= 11 is 3.49. The van der Waals surface area contributed by atoms with Gasteiger partial charge in [0.2, 0.25) is 0 Å². The average molecular weight is 209 g/mol. The third-order valence-corrected chi connectivity index (χ3v) is 2.52. The van der Waals surface area contributed by atoms with Crippen LogP contribution in [0.4, 0.5) is 0 Å². The SMILES string of the molecule is Cc1cc(Br)cc2c1C=CC2. The summed E-state index contributed by atoms with van der Waals surface area (Å²) in [6, 6.07) is 4.36. The van der Waals surface area contributed by atoms with E-state index < -0.39 is 0 Å². The van der Waals surface area contributed by atoms with Crippen LogP contribution in [0, 0.1) is 6.92 Å². The van der Waals surface area contributed by atoms with Gasteiger partial charge in [0, 0.05) is 4.47 Å². The number of rotatable bonds is 0. The van der Waals surface area contributed by atoms with Gasteiger partial charge < -0.3 is 0 Å². The van der Waals surface area contributed by atoms with Gasteiger partial charge >= 0.3 is 0 Å². The lowest BCUT2D eigenvalue weighted by Gasteiger charge is -2.03. The van der Waals surface area contributed by atoms with E-state index in [4.69, 9.17) is 0 Å². The molecular formula is C10H9Br. The highest BCUT2D eigenvalue weighted by atomic mass is 79.9. The maximum Gasteiger partial charge on any atom is 0.0181 e. The fourth-order valence-electron chi connectivity index (χ4n) is 1.53. The van der Waals surface area contributed by atoms with E-state index in [1.165, 1.54) is 21.2 Å². The van der Waals surface area contributed by atoms with Crippen molar-refractivity contribution in [3.05, 3.63) is 39.4 Å². The second-order valence-electron chi connectivity index (χ2n) is 2.90. The van der Waals surface area contributed by atoms with Crippen LogP contribution in [0.2, 0.25) is 0 Å². The van der Waals surface area contributed by atoms with E-state index in [1.54, 1.807) is 0 Å². The summed E-state index contributed by atoms with van der Waals surface area (Å²) < 4.78 is 1.19. The summed E-state index contributed by atoms with van der Waals surface area (Å²) in [5, 5.41) is 0. The number of hydrogen-bond donors (Lipinski definition) is 0. The van der Waals surface area contributed by atoms with Crippen LogP contribution in [0.1, 0.15) is 16.7 Å². The Hall–Kier alpha value is -0.560. The lowest BCUT2D eigenvalue weighted by molar-refractivity contribution is 1.27. The van der Waals surface area contributed by atoms with Gasteiger partial charge in [0.05, 0.1) is 0 Å². The van der Waals surface area contributed by atoms with Crippen molar-refractivity contribution in [3.8, 4) is 0 Å². The Kier molecular flexibility index (Phi) is 1.61. The molecule has 0 amide bonds. The standard InChI is InChI=1S/C10H9Br/c1-7-5-9(11)6-8-3-2-4-10(7)8/h2,4-6H,3H2,1H3. The van der Waals surface area contributed by atoms with Crippen LogP contribution in [0.25, 0.3) is 6.08 Å². The minimum absolute atomic E-state index is 1.09. The summed E-state index contributed by atoms with van der Waals surface area (Å²) in [7, 11) is 0. The first-order chi connectivity index (χ1) is 5.27. The largest absolute Gasteiger partial charge is 0.0795 e. The third kappa shape index (κ3) is 1.14. The first kappa shape index (κ1) is 7.11. The molecule has 0 unspecified atom stereocenters. The molecule has 0 saturated carbocycles. The van der Waals surface area contributed by atoms with Crippen LogP contribution >= 0.6 is 15.9 Å². The molecule has 1 aliphatic rings. The first-order valence-corrected chi connectivity index (χ1v) is 4.52. The monoisotopic (exact) mass is 208 g/mol. The summed E-state index contributed by atoms with van der Waals surface area (Å²) in [5.41, 5.74) is 4.22. The highest BCUT2D eigenvalue weighted by Gasteiger charge is 2.07. The molecule has 0 radical (unpaired) electrons. The van der Waals surface area contributed by atoms with Crippen LogP contribution in [0.3, 0.4) is 0 Å². The van der Waals surface area contributed by atoms with Gasteiger partial charge in [0.25, 0.3) is 0 Å². The third-order valence-electron chi connectivity index (χ3n) is 2.06. The second-order valence-corrected chi connectivity index (χ2v) is 3.82. The van der Waals surface area contributed by atoms with Crippen molar-refractivity contribution < 1.29 is 0 Å². The fraction of sp³-hybridized carbons (Fsp3) is 0.200. The van der Waals surface area contributed by atoms with Crippen molar-refractivity contribution in [1.82, 2.24) is 0 Å². The minimum atomic E-state index is 1.09. The van der Waals surface area contributed by atoms with Crippen molar-refractivity contribution in [2.24, 2.45) is 0 Å². The molecule has 0 atom stereocenters. The Bertz CT molecular complexity index is 324. The molecule has 0 aromatic heterocycles. The quantitative estimate of drug-likeness (QED) is 0.614. The number of aryl methyl sites for hydroxylation is 1. The fourth-order valence-corrected chi connectivity index (χ4v) is 2.15. The lowest BCUT2D eigenvalue weighted by Crippen LogP contribution is -1.85. The molecule has 56 valence electrons. The van der Waals surface area contributed by atoms with E-state index in [-0.39, 0.29) is 0 Å². The summed E-state index contributed by atoms with van der Waals surface area (Å²) in [6.07, 6.45) is 5.51. The average Bonchev–Trinajstić information content (AvgIpc) is 2.34. The van der Waals surface area contributed by atoms with Crippen molar-refractivity contribution >= 4 is 22.0 Å². The van der Waals surface area contributed by atoms with Crippen molar-refractivity contribution in [1.29, 1.82) is 0 Å². The van der Waals surface area contributed by atoms with Crippen LogP contribution in [-0.2, 0) is 6.42 Å². The Morgan fingerprint density at radius 1 is 1.36 bits per heavy atom. The molecular weight excluding hydrogens is 200 g/mol. The topological polar surface area (TPSA) is 0 Å². The summed E-state index contributed by atoms with van der Waals surface area (Å²) in [6.45, 7) is 2.15. The highest BCUT2D eigenvalue weighted by Crippen LogP contribution is 2.26. The van der Waals surface area contributed by atoms with Crippen LogP contribution < -0.4 is 0 Å². The molecule has 0 heterocycles. The lowest BCUT2D eigenvalue weighted by atomic mass is 10.1. The zero-order valence-electron chi connectivity index (χ0n) is 6.39. The van der Waals surface area contributed by atoms with Gasteiger partial charge in [0.15, 0.2) is 0 Å². The van der Waals surface area contributed by atoms with E-state index in [0.717, 1.165) is 6.42 Å². The minimum Gasteiger partial charge on any atom is -0.0795 e. The van der Waals surface area contributed by atoms with E-state index in [9.17, 15) is 0 Å². The molecule has 0 saturated heterocycles. The maximum atomic E-state index is 3.49. The van der Waals surface area contributed by atoms with Crippen molar-refractivity contribution in [2.45, 2.75) is 13.3 Å². The number of benzene rings is 1. The highest BCUT2D eigenvalue weighted by molar-refractivity contribution is 9.10. The molecule has 11 heavy (non-hydrogen) atoms.